The topological polar surface area (TPSA) is 25.8 Å². The van der Waals surface area contributed by atoms with Crippen molar-refractivity contribution in [2.75, 3.05) is 0 Å². The average Bonchev–Trinajstić information content (AvgIpc) is 2.63. The normalized spacial score (nSPS) is 14.5. The van der Waals surface area contributed by atoms with Gasteiger partial charge in [-0.2, -0.15) is 0 Å². The minimum Gasteiger partial charge on any atom is -0.233 e. The Morgan fingerprint density at radius 1 is 0.583 bits per heavy atom. The van der Waals surface area contributed by atoms with Crippen LogP contribution in [0.25, 0.3) is 22.6 Å². The Kier molecular flexibility index (Phi) is 4.37. The molecule has 3 aromatic rings. The lowest BCUT2D eigenvalue weighted by Crippen LogP contribution is -2.08. The van der Waals surface area contributed by atoms with E-state index in [1.807, 2.05) is 6.07 Å². The first-order chi connectivity index (χ1) is 11.9. The molecule has 0 unspecified atom stereocenters. The highest BCUT2D eigenvalue weighted by atomic mass is 14.9. The maximum absolute atomic E-state index is 4.99. The molecule has 2 heteroatoms. The first-order valence-corrected chi connectivity index (χ1v) is 8.92. The molecule has 0 saturated carbocycles. The SMILES string of the molecule is c1ccc(-c2nc3c(c(-c4ccccc4)n2)CCCCCC3)cc1. The van der Waals surface area contributed by atoms with E-state index in [9.17, 15) is 0 Å². The van der Waals surface area contributed by atoms with Crippen molar-refractivity contribution in [3.05, 3.63) is 71.9 Å². The molecule has 0 fully saturated rings. The summed E-state index contributed by atoms with van der Waals surface area (Å²) in [5, 5.41) is 0. The second-order valence-electron chi connectivity index (χ2n) is 6.47. The summed E-state index contributed by atoms with van der Waals surface area (Å²) in [6.45, 7) is 0. The van der Waals surface area contributed by atoms with E-state index in [1.165, 1.54) is 42.5 Å². The molecule has 0 N–H and O–H groups in total. The number of rotatable bonds is 2. The van der Waals surface area contributed by atoms with E-state index in [2.05, 4.69) is 54.6 Å². The molecule has 1 aliphatic carbocycles. The molecule has 0 aliphatic heterocycles. The van der Waals surface area contributed by atoms with Gasteiger partial charge in [-0.3, -0.25) is 0 Å². The fourth-order valence-electron chi connectivity index (χ4n) is 3.50. The third-order valence-corrected chi connectivity index (χ3v) is 4.76. The van der Waals surface area contributed by atoms with Gasteiger partial charge in [0.2, 0.25) is 0 Å². The van der Waals surface area contributed by atoms with Gasteiger partial charge in [-0.25, -0.2) is 9.97 Å². The summed E-state index contributed by atoms with van der Waals surface area (Å²) in [5.41, 5.74) is 6.04. The average molecular weight is 314 g/mol. The van der Waals surface area contributed by atoms with E-state index in [0.717, 1.165) is 29.9 Å². The largest absolute Gasteiger partial charge is 0.233 e. The molecule has 24 heavy (non-hydrogen) atoms. The summed E-state index contributed by atoms with van der Waals surface area (Å²) in [5.74, 6) is 0.855. The summed E-state index contributed by atoms with van der Waals surface area (Å²) in [7, 11) is 0. The van der Waals surface area contributed by atoms with Crippen LogP contribution in [0.15, 0.2) is 60.7 Å². The highest BCUT2D eigenvalue weighted by Crippen LogP contribution is 2.30. The van der Waals surface area contributed by atoms with E-state index >= 15 is 0 Å². The maximum Gasteiger partial charge on any atom is 0.160 e. The van der Waals surface area contributed by atoms with Gasteiger partial charge in [-0.1, -0.05) is 73.5 Å². The lowest BCUT2D eigenvalue weighted by Gasteiger charge is -2.18. The number of fused-ring (bicyclic) bond motifs is 1. The van der Waals surface area contributed by atoms with E-state index < -0.39 is 0 Å². The molecular formula is C22H22N2. The summed E-state index contributed by atoms with van der Waals surface area (Å²) in [4.78, 5) is 9.95. The lowest BCUT2D eigenvalue weighted by molar-refractivity contribution is 0.608. The quantitative estimate of drug-likeness (QED) is 0.627. The van der Waals surface area contributed by atoms with Gasteiger partial charge >= 0.3 is 0 Å². The van der Waals surface area contributed by atoms with E-state index in [1.54, 1.807) is 0 Å². The molecule has 2 aromatic carbocycles. The predicted octanol–water partition coefficient (Wildman–Crippen LogP) is 5.47. The molecule has 1 heterocycles. The Bertz CT molecular complexity index is 810. The van der Waals surface area contributed by atoms with Crippen molar-refractivity contribution < 1.29 is 0 Å². The second-order valence-corrected chi connectivity index (χ2v) is 6.47. The zero-order valence-electron chi connectivity index (χ0n) is 13.9. The fraction of sp³-hybridized carbons (Fsp3) is 0.273. The summed E-state index contributed by atoms with van der Waals surface area (Å²) >= 11 is 0. The van der Waals surface area contributed by atoms with Crippen LogP contribution in [0, 0.1) is 0 Å². The van der Waals surface area contributed by atoms with Gasteiger partial charge in [0.15, 0.2) is 5.82 Å². The molecule has 0 amide bonds. The smallest absolute Gasteiger partial charge is 0.160 e. The van der Waals surface area contributed by atoms with Crippen LogP contribution in [-0.4, -0.2) is 9.97 Å². The maximum atomic E-state index is 4.99. The Morgan fingerprint density at radius 3 is 1.92 bits per heavy atom. The molecule has 120 valence electrons. The van der Waals surface area contributed by atoms with Crippen LogP contribution in [0.2, 0.25) is 0 Å². The molecule has 0 bridgehead atoms. The van der Waals surface area contributed by atoms with Gasteiger partial charge in [-0.05, 0) is 25.7 Å². The van der Waals surface area contributed by atoms with Gasteiger partial charge in [0.25, 0.3) is 0 Å². The van der Waals surface area contributed by atoms with Crippen LogP contribution >= 0.6 is 0 Å². The highest BCUT2D eigenvalue weighted by molar-refractivity contribution is 5.68. The van der Waals surface area contributed by atoms with Crippen molar-refractivity contribution in [1.29, 1.82) is 0 Å². The fourth-order valence-corrected chi connectivity index (χ4v) is 3.50. The zero-order chi connectivity index (χ0) is 16.2. The Morgan fingerprint density at radius 2 is 1.21 bits per heavy atom. The summed E-state index contributed by atoms with van der Waals surface area (Å²) in [6.07, 6.45) is 7.25. The Hall–Kier alpha value is -2.48. The number of nitrogens with zero attached hydrogens (tertiary/aromatic N) is 2. The summed E-state index contributed by atoms with van der Waals surface area (Å²) in [6, 6.07) is 20.9. The van der Waals surface area contributed by atoms with Crippen LogP contribution in [-0.2, 0) is 12.8 Å². The van der Waals surface area contributed by atoms with Gasteiger partial charge < -0.3 is 0 Å². The van der Waals surface area contributed by atoms with E-state index in [4.69, 9.17) is 9.97 Å². The van der Waals surface area contributed by atoms with Gasteiger partial charge in [0, 0.05) is 22.4 Å². The van der Waals surface area contributed by atoms with Gasteiger partial charge in [0.1, 0.15) is 0 Å². The van der Waals surface area contributed by atoms with Crippen LogP contribution in [0.1, 0.15) is 36.9 Å². The first kappa shape index (κ1) is 15.1. The van der Waals surface area contributed by atoms with Crippen LogP contribution in [0.4, 0.5) is 0 Å². The van der Waals surface area contributed by atoms with E-state index in [-0.39, 0.29) is 0 Å². The Labute approximate surface area is 143 Å². The Balaban J connectivity index is 1.90. The highest BCUT2D eigenvalue weighted by Gasteiger charge is 2.17. The van der Waals surface area contributed by atoms with Crippen LogP contribution in [0.3, 0.4) is 0 Å². The standard InChI is InChI=1S/C22H22N2/c1-2-10-16-20-19(15-9-1)21(17-11-5-3-6-12-17)24-22(23-20)18-13-7-4-8-14-18/h3-8,11-14H,1-2,9-10,15-16H2. The van der Waals surface area contributed by atoms with Crippen molar-refractivity contribution >= 4 is 0 Å². The molecule has 2 nitrogen and oxygen atoms in total. The van der Waals surface area contributed by atoms with Crippen LogP contribution < -0.4 is 0 Å². The van der Waals surface area contributed by atoms with Crippen molar-refractivity contribution in [3.63, 3.8) is 0 Å². The monoisotopic (exact) mass is 314 g/mol. The number of hydrogen-bond acceptors (Lipinski definition) is 2. The number of aryl methyl sites for hydroxylation is 1. The second kappa shape index (κ2) is 6.96. The molecule has 0 radical (unpaired) electrons. The molecule has 0 atom stereocenters. The van der Waals surface area contributed by atoms with Gasteiger partial charge in [0.05, 0.1) is 5.69 Å². The number of benzene rings is 2. The predicted molar refractivity (Wildman–Crippen MR) is 98.8 cm³/mol. The molecule has 0 saturated heterocycles. The molecule has 1 aromatic heterocycles. The summed E-state index contributed by atoms with van der Waals surface area (Å²) < 4.78 is 0. The third kappa shape index (κ3) is 3.09. The van der Waals surface area contributed by atoms with Crippen molar-refractivity contribution in [2.45, 2.75) is 38.5 Å². The number of hydrogen-bond donors (Lipinski definition) is 0. The molecule has 4 rings (SSSR count). The van der Waals surface area contributed by atoms with E-state index in [0.29, 0.717) is 0 Å². The number of aromatic nitrogens is 2. The zero-order valence-corrected chi connectivity index (χ0v) is 13.9. The van der Waals surface area contributed by atoms with Crippen molar-refractivity contribution in [1.82, 2.24) is 9.97 Å². The third-order valence-electron chi connectivity index (χ3n) is 4.76. The molecule has 1 aliphatic rings. The molecule has 0 spiro atoms. The van der Waals surface area contributed by atoms with Crippen LogP contribution in [0.5, 0.6) is 0 Å². The van der Waals surface area contributed by atoms with Crippen molar-refractivity contribution in [3.8, 4) is 22.6 Å². The lowest BCUT2D eigenvalue weighted by atomic mass is 9.93. The molecular weight excluding hydrogens is 292 g/mol. The minimum absolute atomic E-state index is 0.855. The minimum atomic E-state index is 0.855. The van der Waals surface area contributed by atoms with Crippen molar-refractivity contribution in [2.24, 2.45) is 0 Å². The first-order valence-electron chi connectivity index (χ1n) is 8.92. The van der Waals surface area contributed by atoms with Gasteiger partial charge in [-0.15, -0.1) is 0 Å².